The summed E-state index contributed by atoms with van der Waals surface area (Å²) in [5, 5.41) is 3.26. The molecule has 1 fully saturated rings. The van der Waals surface area contributed by atoms with Crippen LogP contribution in [0.4, 0.5) is 13.2 Å². The summed E-state index contributed by atoms with van der Waals surface area (Å²) in [4.78, 5) is 10.4. The van der Waals surface area contributed by atoms with Crippen molar-refractivity contribution in [3.63, 3.8) is 0 Å². The molecule has 1 rings (SSSR count). The number of carbonyl (C=O) groups excluding carboxylic acids is 1. The zero-order valence-corrected chi connectivity index (χ0v) is 11.3. The SMILES string of the molecule is CNC1CCC(CCCCOC(=O)C(F)(F)F)CC1. The Morgan fingerprint density at radius 1 is 1.21 bits per heavy atom. The number of nitrogens with one attached hydrogen (secondary N) is 1. The lowest BCUT2D eigenvalue weighted by Crippen LogP contribution is -2.30. The summed E-state index contributed by atoms with van der Waals surface area (Å²) >= 11 is 0. The van der Waals surface area contributed by atoms with Crippen LogP contribution in [0.1, 0.15) is 44.9 Å². The van der Waals surface area contributed by atoms with E-state index in [4.69, 9.17) is 0 Å². The molecule has 0 aromatic heterocycles. The van der Waals surface area contributed by atoms with Gasteiger partial charge in [0.05, 0.1) is 6.61 Å². The molecule has 0 radical (unpaired) electrons. The number of alkyl halides is 3. The van der Waals surface area contributed by atoms with E-state index < -0.39 is 12.1 Å². The highest BCUT2D eigenvalue weighted by molar-refractivity contribution is 5.75. The second-order valence-corrected chi connectivity index (χ2v) is 5.14. The molecule has 0 aromatic carbocycles. The lowest BCUT2D eigenvalue weighted by atomic mass is 9.83. The Labute approximate surface area is 111 Å². The summed E-state index contributed by atoms with van der Waals surface area (Å²) in [5.74, 6) is -1.41. The van der Waals surface area contributed by atoms with Crippen molar-refractivity contribution in [2.45, 2.75) is 57.2 Å². The Morgan fingerprint density at radius 3 is 2.37 bits per heavy atom. The average molecular weight is 281 g/mol. The van der Waals surface area contributed by atoms with Crippen molar-refractivity contribution in [3.8, 4) is 0 Å². The predicted molar refractivity (Wildman–Crippen MR) is 65.7 cm³/mol. The number of esters is 1. The maximum absolute atomic E-state index is 11.8. The van der Waals surface area contributed by atoms with Crippen LogP contribution in [-0.4, -0.2) is 31.8 Å². The van der Waals surface area contributed by atoms with E-state index >= 15 is 0 Å². The minimum atomic E-state index is -4.87. The molecule has 1 aliphatic rings. The molecular formula is C13H22F3NO2. The molecule has 0 spiro atoms. The van der Waals surface area contributed by atoms with Crippen LogP contribution in [-0.2, 0) is 9.53 Å². The topological polar surface area (TPSA) is 38.3 Å². The lowest BCUT2D eigenvalue weighted by Gasteiger charge is -2.28. The number of unbranched alkanes of at least 4 members (excludes halogenated alkanes) is 1. The van der Waals surface area contributed by atoms with Gasteiger partial charge >= 0.3 is 12.1 Å². The molecule has 0 atom stereocenters. The van der Waals surface area contributed by atoms with Crippen molar-refractivity contribution >= 4 is 5.97 Å². The molecule has 3 nitrogen and oxygen atoms in total. The minimum Gasteiger partial charge on any atom is -0.459 e. The van der Waals surface area contributed by atoms with E-state index in [0.717, 1.165) is 12.8 Å². The second-order valence-electron chi connectivity index (χ2n) is 5.14. The molecule has 112 valence electrons. The second kappa shape index (κ2) is 7.72. The van der Waals surface area contributed by atoms with Gasteiger partial charge < -0.3 is 10.1 Å². The summed E-state index contributed by atoms with van der Waals surface area (Å²) in [6, 6.07) is 0.615. The highest BCUT2D eigenvalue weighted by Gasteiger charge is 2.40. The number of hydrogen-bond donors (Lipinski definition) is 1. The van der Waals surface area contributed by atoms with Crippen LogP contribution in [0.2, 0.25) is 0 Å². The molecule has 0 unspecified atom stereocenters. The minimum absolute atomic E-state index is 0.135. The first-order chi connectivity index (χ1) is 8.93. The van der Waals surface area contributed by atoms with Crippen LogP contribution in [0.25, 0.3) is 0 Å². The van der Waals surface area contributed by atoms with Crippen molar-refractivity contribution in [2.24, 2.45) is 5.92 Å². The van der Waals surface area contributed by atoms with E-state index in [1.165, 1.54) is 25.7 Å². The van der Waals surface area contributed by atoms with Crippen LogP contribution in [0.15, 0.2) is 0 Å². The van der Waals surface area contributed by atoms with Gasteiger partial charge in [-0.25, -0.2) is 4.79 Å². The summed E-state index contributed by atoms with van der Waals surface area (Å²) < 4.78 is 39.7. The Kier molecular flexibility index (Phi) is 6.62. The highest BCUT2D eigenvalue weighted by atomic mass is 19.4. The van der Waals surface area contributed by atoms with Gasteiger partial charge in [-0.3, -0.25) is 0 Å². The first-order valence-corrected chi connectivity index (χ1v) is 6.84. The van der Waals surface area contributed by atoms with E-state index in [-0.39, 0.29) is 6.61 Å². The van der Waals surface area contributed by atoms with Gasteiger partial charge in [0, 0.05) is 6.04 Å². The summed E-state index contributed by atoms with van der Waals surface area (Å²) in [6.07, 6.45) is 2.16. The molecule has 0 amide bonds. The predicted octanol–water partition coefficient (Wildman–Crippen LogP) is 3.04. The van der Waals surface area contributed by atoms with E-state index in [9.17, 15) is 18.0 Å². The highest BCUT2D eigenvalue weighted by Crippen LogP contribution is 2.28. The van der Waals surface area contributed by atoms with E-state index in [1.54, 1.807) is 0 Å². The first-order valence-electron chi connectivity index (χ1n) is 6.84. The summed E-state index contributed by atoms with van der Waals surface area (Å²) in [5.41, 5.74) is 0. The monoisotopic (exact) mass is 281 g/mol. The van der Waals surface area contributed by atoms with Crippen molar-refractivity contribution in [3.05, 3.63) is 0 Å². The maximum Gasteiger partial charge on any atom is 0.490 e. The van der Waals surface area contributed by atoms with Gasteiger partial charge in [0.2, 0.25) is 0 Å². The third kappa shape index (κ3) is 6.27. The van der Waals surface area contributed by atoms with Crippen LogP contribution >= 0.6 is 0 Å². The molecule has 0 saturated heterocycles. The maximum atomic E-state index is 11.8. The van der Waals surface area contributed by atoms with Crippen molar-refractivity contribution in [1.82, 2.24) is 5.32 Å². The van der Waals surface area contributed by atoms with E-state index in [2.05, 4.69) is 10.1 Å². The average Bonchev–Trinajstić information content (AvgIpc) is 2.37. The standard InChI is InChI=1S/C13H22F3NO2/c1-17-11-7-5-10(6-8-11)4-2-3-9-19-12(18)13(14,15)16/h10-11,17H,2-9H2,1H3. The molecule has 6 heteroatoms. The normalized spacial score (nSPS) is 24.2. The lowest BCUT2D eigenvalue weighted by molar-refractivity contribution is -0.199. The summed E-state index contributed by atoms with van der Waals surface area (Å²) in [7, 11) is 1.97. The Balaban J connectivity index is 2.01. The van der Waals surface area contributed by atoms with Crippen molar-refractivity contribution in [2.75, 3.05) is 13.7 Å². The molecule has 0 aliphatic heterocycles. The molecule has 1 N–H and O–H groups in total. The number of rotatable bonds is 6. The zero-order valence-electron chi connectivity index (χ0n) is 11.3. The Hall–Kier alpha value is -0.780. The number of hydrogen-bond acceptors (Lipinski definition) is 3. The van der Waals surface area contributed by atoms with Crippen LogP contribution < -0.4 is 5.32 Å². The molecule has 1 aliphatic carbocycles. The zero-order chi connectivity index (χ0) is 14.3. The van der Waals surface area contributed by atoms with E-state index in [0.29, 0.717) is 18.4 Å². The van der Waals surface area contributed by atoms with Gasteiger partial charge in [-0.15, -0.1) is 0 Å². The van der Waals surface area contributed by atoms with Gasteiger partial charge in [0.1, 0.15) is 0 Å². The summed E-state index contributed by atoms with van der Waals surface area (Å²) in [6.45, 7) is -0.135. The van der Waals surface area contributed by atoms with Gasteiger partial charge in [0.15, 0.2) is 0 Å². The molecule has 0 aromatic rings. The first kappa shape index (κ1) is 16.3. The molecule has 1 saturated carbocycles. The largest absolute Gasteiger partial charge is 0.490 e. The fraction of sp³-hybridized carbons (Fsp3) is 0.923. The van der Waals surface area contributed by atoms with Gasteiger partial charge in [-0.05, 0) is 51.5 Å². The third-order valence-corrected chi connectivity index (χ3v) is 3.73. The molecule has 0 bridgehead atoms. The van der Waals surface area contributed by atoms with Gasteiger partial charge in [0.25, 0.3) is 0 Å². The van der Waals surface area contributed by atoms with Gasteiger partial charge in [-0.2, -0.15) is 13.2 Å². The quantitative estimate of drug-likeness (QED) is 0.600. The molecular weight excluding hydrogens is 259 g/mol. The van der Waals surface area contributed by atoms with Crippen molar-refractivity contribution < 1.29 is 22.7 Å². The van der Waals surface area contributed by atoms with Crippen LogP contribution in [0.5, 0.6) is 0 Å². The third-order valence-electron chi connectivity index (χ3n) is 3.73. The number of halogens is 3. The molecule has 19 heavy (non-hydrogen) atoms. The fourth-order valence-corrected chi connectivity index (χ4v) is 2.52. The molecule has 0 heterocycles. The Morgan fingerprint density at radius 2 is 1.84 bits per heavy atom. The van der Waals surface area contributed by atoms with Crippen LogP contribution in [0.3, 0.4) is 0 Å². The smallest absolute Gasteiger partial charge is 0.459 e. The van der Waals surface area contributed by atoms with Crippen LogP contribution in [0, 0.1) is 5.92 Å². The van der Waals surface area contributed by atoms with Crippen molar-refractivity contribution in [1.29, 1.82) is 0 Å². The van der Waals surface area contributed by atoms with Gasteiger partial charge in [-0.1, -0.05) is 6.42 Å². The number of ether oxygens (including phenoxy) is 1. The Bertz CT molecular complexity index is 274. The fourth-order valence-electron chi connectivity index (χ4n) is 2.52. The number of carbonyl (C=O) groups is 1. The van der Waals surface area contributed by atoms with E-state index in [1.807, 2.05) is 7.05 Å².